The molecule has 13 heavy (non-hydrogen) atoms. The fraction of sp³-hybridized carbons (Fsp3) is 0.625. The first kappa shape index (κ1) is 9.85. The van der Waals surface area contributed by atoms with Crippen LogP contribution in [0.3, 0.4) is 0 Å². The normalized spacial score (nSPS) is 23.8. The summed E-state index contributed by atoms with van der Waals surface area (Å²) >= 11 is 0. The third-order valence-corrected chi connectivity index (χ3v) is 2.21. The molecule has 1 aliphatic rings. The summed E-state index contributed by atoms with van der Waals surface area (Å²) in [5, 5.41) is 12.1. The molecular formula is C8H15N3O2. The number of hydrogen-bond donors (Lipinski definition) is 3. The molecule has 0 aromatic carbocycles. The highest BCUT2D eigenvalue weighted by Gasteiger charge is 2.26. The molecule has 1 aliphatic heterocycles. The van der Waals surface area contributed by atoms with E-state index >= 15 is 0 Å². The minimum atomic E-state index is -0.836. The van der Waals surface area contributed by atoms with Gasteiger partial charge in [-0.2, -0.15) is 0 Å². The average molecular weight is 185 g/mol. The van der Waals surface area contributed by atoms with Gasteiger partial charge in [-0.15, -0.1) is 0 Å². The number of primary amides is 1. The van der Waals surface area contributed by atoms with Crippen molar-refractivity contribution < 1.29 is 9.90 Å². The van der Waals surface area contributed by atoms with Crippen molar-refractivity contribution in [2.45, 2.75) is 32.7 Å². The molecule has 0 saturated carbocycles. The number of nitrogens with two attached hydrogens (primary N) is 1. The lowest BCUT2D eigenvalue weighted by atomic mass is 10.2. The average Bonchev–Trinajstić information content (AvgIpc) is 2.46. The second kappa shape index (κ2) is 3.66. The van der Waals surface area contributed by atoms with Gasteiger partial charge in [-0.05, 0) is 13.3 Å². The lowest BCUT2D eigenvalue weighted by Crippen LogP contribution is -2.41. The Kier molecular flexibility index (Phi) is 2.77. The zero-order valence-corrected chi connectivity index (χ0v) is 7.82. The van der Waals surface area contributed by atoms with Crippen molar-refractivity contribution in [3.63, 3.8) is 0 Å². The number of aliphatic hydroxyl groups excluding tert-OH is 1. The Labute approximate surface area is 77.2 Å². The number of rotatable bonds is 3. The number of amides is 1. The predicted molar refractivity (Wildman–Crippen MR) is 48.0 cm³/mol. The summed E-state index contributed by atoms with van der Waals surface area (Å²) in [5.74, 6) is -0.551. The SMILES string of the molecule is CCC(C)N1C=C(C(N)=O)NC1O. The van der Waals surface area contributed by atoms with Crippen LogP contribution >= 0.6 is 0 Å². The number of nitrogens with zero attached hydrogens (tertiary/aromatic N) is 1. The molecule has 0 spiro atoms. The molecule has 0 bridgehead atoms. The third kappa shape index (κ3) is 1.92. The molecule has 1 rings (SSSR count). The van der Waals surface area contributed by atoms with Crippen LogP contribution in [0.25, 0.3) is 0 Å². The monoisotopic (exact) mass is 185 g/mol. The fourth-order valence-corrected chi connectivity index (χ4v) is 1.18. The van der Waals surface area contributed by atoms with Crippen LogP contribution in [0.1, 0.15) is 20.3 Å². The van der Waals surface area contributed by atoms with Gasteiger partial charge in [0.2, 0.25) is 6.35 Å². The van der Waals surface area contributed by atoms with Crippen molar-refractivity contribution in [1.82, 2.24) is 10.2 Å². The van der Waals surface area contributed by atoms with Gasteiger partial charge in [-0.25, -0.2) is 0 Å². The molecule has 0 aliphatic carbocycles. The van der Waals surface area contributed by atoms with Gasteiger partial charge in [0.15, 0.2) is 0 Å². The van der Waals surface area contributed by atoms with E-state index in [1.54, 1.807) is 11.1 Å². The summed E-state index contributed by atoms with van der Waals surface area (Å²) in [6.07, 6.45) is 1.61. The molecule has 74 valence electrons. The van der Waals surface area contributed by atoms with Crippen LogP contribution in [-0.2, 0) is 4.79 Å². The number of hydrogen-bond acceptors (Lipinski definition) is 4. The Bertz CT molecular complexity index is 240. The van der Waals surface area contributed by atoms with E-state index < -0.39 is 12.3 Å². The molecule has 1 heterocycles. The lowest BCUT2D eigenvalue weighted by Gasteiger charge is -2.26. The maximum Gasteiger partial charge on any atom is 0.266 e. The van der Waals surface area contributed by atoms with Crippen molar-refractivity contribution in [2.75, 3.05) is 0 Å². The molecule has 0 fully saturated rings. The van der Waals surface area contributed by atoms with Gasteiger partial charge in [0.05, 0.1) is 0 Å². The highest BCUT2D eigenvalue weighted by Crippen LogP contribution is 2.14. The number of nitrogens with one attached hydrogen (secondary N) is 1. The van der Waals surface area contributed by atoms with Gasteiger partial charge in [0.1, 0.15) is 5.70 Å². The van der Waals surface area contributed by atoms with Crippen molar-refractivity contribution in [3.8, 4) is 0 Å². The second-order valence-electron chi connectivity index (χ2n) is 3.13. The predicted octanol–water partition coefficient (Wildman–Crippen LogP) is -0.707. The molecule has 0 aromatic rings. The van der Waals surface area contributed by atoms with Crippen molar-refractivity contribution in [1.29, 1.82) is 0 Å². The Balaban J connectivity index is 2.71. The van der Waals surface area contributed by atoms with E-state index in [9.17, 15) is 9.90 Å². The van der Waals surface area contributed by atoms with Gasteiger partial charge < -0.3 is 21.1 Å². The molecule has 1 amide bonds. The summed E-state index contributed by atoms with van der Waals surface area (Å²) in [6.45, 7) is 3.97. The number of carbonyl (C=O) groups excluding carboxylic acids is 1. The minimum absolute atomic E-state index is 0.180. The Morgan fingerprint density at radius 2 is 2.54 bits per heavy atom. The second-order valence-corrected chi connectivity index (χ2v) is 3.13. The van der Waals surface area contributed by atoms with Crippen LogP contribution in [0.5, 0.6) is 0 Å². The zero-order valence-electron chi connectivity index (χ0n) is 7.82. The molecule has 4 N–H and O–H groups in total. The standard InChI is InChI=1S/C8H15N3O2/c1-3-5(2)11-4-6(7(9)12)10-8(11)13/h4-5,8,10,13H,3H2,1-2H3,(H2,9,12). The van der Waals surface area contributed by atoms with Crippen LogP contribution in [0.2, 0.25) is 0 Å². The molecule has 0 aromatic heterocycles. The Hall–Kier alpha value is -1.23. The van der Waals surface area contributed by atoms with Crippen LogP contribution in [-0.4, -0.2) is 28.3 Å². The molecule has 0 radical (unpaired) electrons. The van der Waals surface area contributed by atoms with Crippen molar-refractivity contribution >= 4 is 5.91 Å². The van der Waals surface area contributed by atoms with Gasteiger partial charge in [0, 0.05) is 12.2 Å². The molecular weight excluding hydrogens is 170 g/mol. The van der Waals surface area contributed by atoms with E-state index in [2.05, 4.69) is 5.32 Å². The van der Waals surface area contributed by atoms with Crippen LogP contribution < -0.4 is 11.1 Å². The Morgan fingerprint density at radius 1 is 1.92 bits per heavy atom. The van der Waals surface area contributed by atoms with E-state index in [-0.39, 0.29) is 11.7 Å². The fourth-order valence-electron chi connectivity index (χ4n) is 1.18. The minimum Gasteiger partial charge on any atom is -0.364 e. The van der Waals surface area contributed by atoms with Gasteiger partial charge in [-0.1, -0.05) is 6.92 Å². The summed E-state index contributed by atoms with van der Waals surface area (Å²) < 4.78 is 0. The highest BCUT2D eigenvalue weighted by molar-refractivity contribution is 5.91. The number of carbonyl (C=O) groups is 1. The van der Waals surface area contributed by atoms with E-state index in [1.165, 1.54) is 0 Å². The van der Waals surface area contributed by atoms with E-state index in [4.69, 9.17) is 5.73 Å². The van der Waals surface area contributed by atoms with Gasteiger partial charge in [-0.3, -0.25) is 4.79 Å². The van der Waals surface area contributed by atoms with Crippen LogP contribution in [0.4, 0.5) is 0 Å². The zero-order chi connectivity index (χ0) is 10.0. The first-order valence-electron chi connectivity index (χ1n) is 4.30. The molecule has 5 heteroatoms. The van der Waals surface area contributed by atoms with Crippen molar-refractivity contribution in [3.05, 3.63) is 11.9 Å². The van der Waals surface area contributed by atoms with E-state index in [1.807, 2.05) is 13.8 Å². The third-order valence-electron chi connectivity index (χ3n) is 2.21. The maximum absolute atomic E-state index is 10.8. The highest BCUT2D eigenvalue weighted by atomic mass is 16.3. The largest absolute Gasteiger partial charge is 0.364 e. The Morgan fingerprint density at radius 3 is 2.92 bits per heavy atom. The van der Waals surface area contributed by atoms with Gasteiger partial charge >= 0.3 is 0 Å². The molecule has 2 unspecified atom stereocenters. The van der Waals surface area contributed by atoms with Crippen LogP contribution in [0, 0.1) is 0 Å². The van der Waals surface area contributed by atoms with E-state index in [0.29, 0.717) is 0 Å². The molecule has 2 atom stereocenters. The smallest absolute Gasteiger partial charge is 0.266 e. The number of aliphatic hydroxyl groups is 1. The summed E-state index contributed by atoms with van der Waals surface area (Å²) in [6, 6.07) is 0.180. The summed E-state index contributed by atoms with van der Waals surface area (Å²) in [7, 11) is 0. The molecule has 5 nitrogen and oxygen atoms in total. The van der Waals surface area contributed by atoms with Crippen LogP contribution in [0.15, 0.2) is 11.9 Å². The maximum atomic E-state index is 10.8. The van der Waals surface area contributed by atoms with Gasteiger partial charge in [0.25, 0.3) is 5.91 Å². The first-order valence-corrected chi connectivity index (χ1v) is 4.30. The molecule has 0 saturated heterocycles. The quantitative estimate of drug-likeness (QED) is 0.543. The topological polar surface area (TPSA) is 78.6 Å². The summed E-state index contributed by atoms with van der Waals surface area (Å²) in [5.41, 5.74) is 5.31. The summed E-state index contributed by atoms with van der Waals surface area (Å²) in [4.78, 5) is 12.4. The first-order chi connectivity index (χ1) is 6.06. The van der Waals surface area contributed by atoms with Crippen molar-refractivity contribution in [2.24, 2.45) is 5.73 Å². The van der Waals surface area contributed by atoms with E-state index in [0.717, 1.165) is 6.42 Å². The lowest BCUT2D eigenvalue weighted by molar-refractivity contribution is -0.115.